The average Bonchev–Trinajstić information content (AvgIpc) is 2.57. The summed E-state index contributed by atoms with van der Waals surface area (Å²) in [6.45, 7) is 8.01. The molecule has 1 unspecified atom stereocenters. The minimum absolute atomic E-state index is 0.177. The minimum atomic E-state index is -1.08. The second kappa shape index (κ2) is 8.28. The van der Waals surface area contributed by atoms with Crippen molar-refractivity contribution in [3.8, 4) is 5.75 Å². The first kappa shape index (κ1) is 20.5. The molecule has 1 atom stereocenters. The minimum Gasteiger partial charge on any atom is -0.482 e. The number of aliphatic carboxylic acids is 1. The highest BCUT2D eigenvalue weighted by Gasteiger charge is 2.32. The molecule has 1 saturated heterocycles. The zero-order chi connectivity index (χ0) is 20.2. The lowest BCUT2D eigenvalue weighted by Crippen LogP contribution is -2.56. The third-order valence-electron chi connectivity index (χ3n) is 3.99. The molecule has 8 nitrogen and oxygen atoms in total. The molecule has 1 aromatic carbocycles. The Morgan fingerprint density at radius 3 is 2.52 bits per heavy atom. The number of carboxylic acid groups (broad SMARTS) is 1. The van der Waals surface area contributed by atoms with E-state index in [1.54, 1.807) is 28.0 Å². The molecule has 2 amide bonds. The molecule has 148 valence electrons. The van der Waals surface area contributed by atoms with E-state index in [9.17, 15) is 14.4 Å². The third-order valence-corrected chi connectivity index (χ3v) is 3.99. The second-order valence-corrected chi connectivity index (χ2v) is 7.48. The van der Waals surface area contributed by atoms with Crippen LogP contribution in [-0.4, -0.2) is 70.8 Å². The number of ether oxygens (including phenoxy) is 2. The van der Waals surface area contributed by atoms with E-state index in [4.69, 9.17) is 14.6 Å². The third kappa shape index (κ3) is 5.87. The monoisotopic (exact) mass is 378 g/mol. The van der Waals surface area contributed by atoms with E-state index in [1.165, 1.54) is 6.07 Å². The van der Waals surface area contributed by atoms with Crippen LogP contribution in [0.5, 0.6) is 5.75 Å². The van der Waals surface area contributed by atoms with E-state index >= 15 is 0 Å². The number of carbonyl (C=O) groups is 3. The van der Waals surface area contributed by atoms with Crippen LogP contribution in [0.1, 0.15) is 38.1 Å². The molecule has 0 aromatic heterocycles. The highest BCUT2D eigenvalue weighted by Crippen LogP contribution is 2.19. The number of benzene rings is 1. The first-order valence-corrected chi connectivity index (χ1v) is 8.80. The van der Waals surface area contributed by atoms with Gasteiger partial charge >= 0.3 is 12.1 Å². The molecular formula is C19H26N2O6. The molecule has 0 aliphatic carbocycles. The molecule has 0 bridgehead atoms. The average molecular weight is 378 g/mol. The van der Waals surface area contributed by atoms with Gasteiger partial charge in [-0.2, -0.15) is 0 Å². The highest BCUT2D eigenvalue weighted by molar-refractivity contribution is 5.94. The van der Waals surface area contributed by atoms with Crippen LogP contribution < -0.4 is 4.74 Å². The number of nitrogens with zero attached hydrogens (tertiary/aromatic N) is 2. The fourth-order valence-electron chi connectivity index (χ4n) is 2.78. The standard InChI is InChI=1S/C19H26N2O6/c1-13-11-20(8-9-21(13)18(25)27-19(2,3)4)17(24)14-6-5-7-15(10-14)26-12-16(22)23/h5-7,10,13H,8-9,11-12H2,1-4H3,(H,22,23). The molecule has 0 radical (unpaired) electrons. The molecule has 1 heterocycles. The number of piperazine rings is 1. The van der Waals surface area contributed by atoms with E-state index in [0.717, 1.165) is 0 Å². The Morgan fingerprint density at radius 2 is 1.93 bits per heavy atom. The first-order chi connectivity index (χ1) is 12.6. The van der Waals surface area contributed by atoms with Crippen molar-refractivity contribution >= 4 is 18.0 Å². The van der Waals surface area contributed by atoms with Gasteiger partial charge in [0.2, 0.25) is 0 Å². The topological polar surface area (TPSA) is 96.4 Å². The SMILES string of the molecule is CC1CN(C(=O)c2cccc(OCC(=O)O)c2)CCN1C(=O)OC(C)(C)C. The number of rotatable bonds is 4. The lowest BCUT2D eigenvalue weighted by molar-refractivity contribution is -0.139. The predicted molar refractivity (Wildman–Crippen MR) is 97.9 cm³/mol. The second-order valence-electron chi connectivity index (χ2n) is 7.48. The molecule has 1 aliphatic heterocycles. The molecular weight excluding hydrogens is 352 g/mol. The van der Waals surface area contributed by atoms with Crippen molar-refractivity contribution in [2.75, 3.05) is 26.2 Å². The summed E-state index contributed by atoms with van der Waals surface area (Å²) in [5.41, 5.74) is -0.157. The molecule has 0 saturated carbocycles. The van der Waals surface area contributed by atoms with Gasteiger partial charge in [-0.15, -0.1) is 0 Å². The number of hydrogen-bond donors (Lipinski definition) is 1. The summed E-state index contributed by atoms with van der Waals surface area (Å²) >= 11 is 0. The Balaban J connectivity index is 2.00. The lowest BCUT2D eigenvalue weighted by atomic mass is 10.1. The van der Waals surface area contributed by atoms with Crippen LogP contribution in [-0.2, 0) is 9.53 Å². The molecule has 1 fully saturated rings. The van der Waals surface area contributed by atoms with E-state index in [-0.39, 0.29) is 18.0 Å². The number of hydrogen-bond acceptors (Lipinski definition) is 5. The lowest BCUT2D eigenvalue weighted by Gasteiger charge is -2.40. The van der Waals surface area contributed by atoms with Gasteiger partial charge in [-0.3, -0.25) is 4.79 Å². The zero-order valence-electron chi connectivity index (χ0n) is 16.1. The van der Waals surface area contributed by atoms with Gasteiger partial charge in [0.05, 0.1) is 0 Å². The van der Waals surface area contributed by atoms with E-state index < -0.39 is 18.2 Å². The van der Waals surface area contributed by atoms with Crippen molar-refractivity contribution in [3.05, 3.63) is 29.8 Å². The summed E-state index contributed by atoms with van der Waals surface area (Å²) in [6.07, 6.45) is -0.383. The Morgan fingerprint density at radius 1 is 1.22 bits per heavy atom. The Kier molecular flexibility index (Phi) is 6.30. The number of amides is 2. The maximum absolute atomic E-state index is 12.8. The Bertz CT molecular complexity index is 712. The molecule has 2 rings (SSSR count). The fourth-order valence-corrected chi connectivity index (χ4v) is 2.78. The summed E-state index contributed by atoms with van der Waals surface area (Å²) in [5, 5.41) is 8.68. The zero-order valence-corrected chi connectivity index (χ0v) is 16.1. The largest absolute Gasteiger partial charge is 0.482 e. The maximum Gasteiger partial charge on any atom is 0.410 e. The summed E-state index contributed by atoms with van der Waals surface area (Å²) in [7, 11) is 0. The molecule has 27 heavy (non-hydrogen) atoms. The van der Waals surface area contributed by atoms with Gasteiger partial charge in [0.1, 0.15) is 11.4 Å². The molecule has 1 N–H and O–H groups in total. The smallest absolute Gasteiger partial charge is 0.410 e. The normalized spacial score (nSPS) is 17.4. The highest BCUT2D eigenvalue weighted by atomic mass is 16.6. The Hall–Kier alpha value is -2.77. The van der Waals surface area contributed by atoms with Crippen LogP contribution in [0, 0.1) is 0 Å². The van der Waals surface area contributed by atoms with E-state index in [0.29, 0.717) is 30.9 Å². The van der Waals surface area contributed by atoms with Gasteiger partial charge in [0, 0.05) is 31.2 Å². The van der Waals surface area contributed by atoms with Crippen molar-refractivity contribution in [1.82, 2.24) is 9.80 Å². The van der Waals surface area contributed by atoms with E-state index in [1.807, 2.05) is 27.7 Å². The van der Waals surface area contributed by atoms with Crippen molar-refractivity contribution < 1.29 is 29.0 Å². The maximum atomic E-state index is 12.8. The van der Waals surface area contributed by atoms with Crippen LogP contribution in [0.2, 0.25) is 0 Å². The van der Waals surface area contributed by atoms with Gasteiger partial charge in [-0.1, -0.05) is 6.07 Å². The molecule has 8 heteroatoms. The quantitative estimate of drug-likeness (QED) is 0.863. The summed E-state index contributed by atoms with van der Waals surface area (Å²) in [6, 6.07) is 6.24. The van der Waals surface area contributed by atoms with Crippen molar-refractivity contribution in [1.29, 1.82) is 0 Å². The van der Waals surface area contributed by atoms with Crippen molar-refractivity contribution in [3.63, 3.8) is 0 Å². The van der Waals surface area contributed by atoms with Crippen LogP contribution in [0.25, 0.3) is 0 Å². The predicted octanol–water partition coefficient (Wildman–Crippen LogP) is 2.23. The van der Waals surface area contributed by atoms with Gasteiger partial charge in [-0.05, 0) is 45.9 Å². The van der Waals surface area contributed by atoms with Crippen LogP contribution in [0.15, 0.2) is 24.3 Å². The van der Waals surface area contributed by atoms with E-state index in [2.05, 4.69) is 0 Å². The molecule has 1 aliphatic rings. The fraction of sp³-hybridized carbons (Fsp3) is 0.526. The van der Waals surface area contributed by atoms with Gasteiger partial charge in [0.25, 0.3) is 5.91 Å². The molecule has 1 aromatic rings. The van der Waals surface area contributed by atoms with Gasteiger partial charge in [-0.25, -0.2) is 9.59 Å². The number of carboxylic acids is 1. The van der Waals surface area contributed by atoms with Gasteiger partial charge < -0.3 is 24.4 Å². The molecule has 0 spiro atoms. The first-order valence-electron chi connectivity index (χ1n) is 8.80. The number of carbonyl (C=O) groups excluding carboxylic acids is 2. The van der Waals surface area contributed by atoms with Crippen molar-refractivity contribution in [2.45, 2.75) is 39.3 Å². The van der Waals surface area contributed by atoms with Crippen LogP contribution in [0.3, 0.4) is 0 Å². The summed E-state index contributed by atoms with van der Waals surface area (Å²) in [5.74, 6) is -0.950. The van der Waals surface area contributed by atoms with Crippen LogP contribution in [0.4, 0.5) is 4.79 Å². The summed E-state index contributed by atoms with van der Waals surface area (Å²) < 4.78 is 10.5. The summed E-state index contributed by atoms with van der Waals surface area (Å²) in [4.78, 5) is 38.9. The van der Waals surface area contributed by atoms with Crippen molar-refractivity contribution in [2.24, 2.45) is 0 Å². The van der Waals surface area contributed by atoms with Crippen LogP contribution >= 0.6 is 0 Å². The van der Waals surface area contributed by atoms with Gasteiger partial charge in [0.15, 0.2) is 6.61 Å². The Labute approximate surface area is 158 Å².